The second kappa shape index (κ2) is 7.81. The number of ketones is 1. The van der Waals surface area contributed by atoms with E-state index in [1.54, 1.807) is 13.0 Å². The normalized spacial score (nSPS) is 26.7. The van der Waals surface area contributed by atoms with Gasteiger partial charge in [-0.1, -0.05) is 19.8 Å². The summed E-state index contributed by atoms with van der Waals surface area (Å²) in [4.78, 5) is 12.9. The zero-order chi connectivity index (χ0) is 17.9. The van der Waals surface area contributed by atoms with Crippen molar-refractivity contribution in [2.45, 2.75) is 52.5 Å². The molecular weight excluding hydrogens is 305 g/mol. The Labute approximate surface area is 143 Å². The molecule has 0 amide bonds. The molecular formula is C20H26FNO2. The Morgan fingerprint density at radius 3 is 2.67 bits per heavy atom. The molecule has 1 aliphatic rings. The maximum atomic E-state index is 14.9. The lowest BCUT2D eigenvalue weighted by Crippen LogP contribution is -2.47. The van der Waals surface area contributed by atoms with Gasteiger partial charge in [-0.05, 0) is 44.7 Å². The zero-order valence-corrected chi connectivity index (χ0v) is 14.9. The number of carbonyl (C=O) groups is 1. The Hall–Kier alpha value is -1.86. The summed E-state index contributed by atoms with van der Waals surface area (Å²) in [6.07, 6.45) is 1.51. The van der Waals surface area contributed by atoms with Gasteiger partial charge in [-0.2, -0.15) is 0 Å². The Morgan fingerprint density at radius 1 is 1.38 bits per heavy atom. The SMILES string of the molecule is CC#Cc1cc(F)c(C2C(=O)C(CC)CC(C)C2N)c(OCC)c1. The van der Waals surface area contributed by atoms with Gasteiger partial charge in [0.15, 0.2) is 0 Å². The molecule has 0 spiro atoms. The lowest BCUT2D eigenvalue weighted by Gasteiger charge is -2.38. The zero-order valence-electron chi connectivity index (χ0n) is 14.9. The van der Waals surface area contributed by atoms with Gasteiger partial charge in [0, 0.05) is 23.1 Å². The molecule has 1 fully saturated rings. The van der Waals surface area contributed by atoms with Gasteiger partial charge in [-0.3, -0.25) is 4.79 Å². The molecule has 0 radical (unpaired) electrons. The average Bonchev–Trinajstić information content (AvgIpc) is 2.54. The Kier molecular flexibility index (Phi) is 6.01. The van der Waals surface area contributed by atoms with Crippen molar-refractivity contribution in [2.75, 3.05) is 6.61 Å². The summed E-state index contributed by atoms with van der Waals surface area (Å²) in [5.74, 6) is 4.96. The number of rotatable bonds is 4. The molecule has 0 aromatic heterocycles. The fourth-order valence-corrected chi connectivity index (χ4v) is 3.58. The molecule has 2 rings (SSSR count). The van der Waals surface area contributed by atoms with Gasteiger partial charge in [-0.25, -0.2) is 4.39 Å². The summed E-state index contributed by atoms with van der Waals surface area (Å²) >= 11 is 0. The molecule has 4 unspecified atom stereocenters. The molecule has 3 nitrogen and oxygen atoms in total. The van der Waals surface area contributed by atoms with Crippen molar-refractivity contribution in [3.8, 4) is 17.6 Å². The summed E-state index contributed by atoms with van der Waals surface area (Å²) in [7, 11) is 0. The lowest BCUT2D eigenvalue weighted by atomic mass is 9.68. The van der Waals surface area contributed by atoms with E-state index < -0.39 is 17.8 Å². The van der Waals surface area contributed by atoms with Crippen LogP contribution in [0.25, 0.3) is 0 Å². The third-order valence-electron chi connectivity index (χ3n) is 4.87. The molecule has 0 bridgehead atoms. The predicted octanol–water partition coefficient (Wildman–Crippen LogP) is 3.64. The lowest BCUT2D eigenvalue weighted by molar-refractivity contribution is -0.128. The van der Waals surface area contributed by atoms with E-state index in [0.717, 1.165) is 12.8 Å². The second-order valence-electron chi connectivity index (χ2n) is 6.45. The van der Waals surface area contributed by atoms with E-state index in [1.165, 1.54) is 6.07 Å². The highest BCUT2D eigenvalue weighted by atomic mass is 19.1. The van der Waals surface area contributed by atoms with Crippen molar-refractivity contribution in [3.05, 3.63) is 29.1 Å². The molecule has 24 heavy (non-hydrogen) atoms. The van der Waals surface area contributed by atoms with Crippen LogP contribution < -0.4 is 10.5 Å². The van der Waals surface area contributed by atoms with Crippen LogP contribution in [-0.4, -0.2) is 18.4 Å². The van der Waals surface area contributed by atoms with Gasteiger partial charge in [-0.15, -0.1) is 5.92 Å². The van der Waals surface area contributed by atoms with Crippen LogP contribution in [0.15, 0.2) is 12.1 Å². The van der Waals surface area contributed by atoms with Gasteiger partial charge in [0.25, 0.3) is 0 Å². The molecule has 1 saturated carbocycles. The van der Waals surface area contributed by atoms with Crippen LogP contribution in [0.5, 0.6) is 5.75 Å². The van der Waals surface area contributed by atoms with Crippen LogP contribution in [-0.2, 0) is 4.79 Å². The molecule has 2 N–H and O–H groups in total. The number of benzene rings is 1. The summed E-state index contributed by atoms with van der Waals surface area (Å²) in [6, 6.07) is 2.67. The van der Waals surface area contributed by atoms with E-state index in [-0.39, 0.29) is 17.6 Å². The van der Waals surface area contributed by atoms with Crippen molar-refractivity contribution in [1.82, 2.24) is 0 Å². The van der Waals surface area contributed by atoms with Gasteiger partial charge < -0.3 is 10.5 Å². The largest absolute Gasteiger partial charge is 0.493 e. The van der Waals surface area contributed by atoms with E-state index >= 15 is 0 Å². The monoisotopic (exact) mass is 331 g/mol. The maximum Gasteiger partial charge on any atom is 0.145 e. The maximum absolute atomic E-state index is 14.9. The third kappa shape index (κ3) is 3.47. The highest BCUT2D eigenvalue weighted by Crippen LogP contribution is 2.42. The molecule has 130 valence electrons. The smallest absolute Gasteiger partial charge is 0.145 e. The number of halogens is 1. The minimum atomic E-state index is -0.663. The molecule has 1 aromatic carbocycles. The first kappa shape index (κ1) is 18.5. The highest BCUT2D eigenvalue weighted by molar-refractivity contribution is 5.90. The summed E-state index contributed by atoms with van der Waals surface area (Å²) in [6.45, 7) is 7.93. The van der Waals surface area contributed by atoms with Crippen LogP contribution in [0, 0.1) is 29.5 Å². The molecule has 1 aromatic rings. The Bertz CT molecular complexity index is 674. The van der Waals surface area contributed by atoms with Crippen molar-refractivity contribution in [3.63, 3.8) is 0 Å². The number of hydrogen-bond acceptors (Lipinski definition) is 3. The number of ether oxygens (including phenoxy) is 1. The molecule has 1 aliphatic carbocycles. The van der Waals surface area contributed by atoms with E-state index in [4.69, 9.17) is 10.5 Å². The number of nitrogens with two attached hydrogens (primary N) is 1. The third-order valence-corrected chi connectivity index (χ3v) is 4.87. The van der Waals surface area contributed by atoms with Crippen LogP contribution >= 0.6 is 0 Å². The highest BCUT2D eigenvalue weighted by Gasteiger charge is 2.43. The van der Waals surface area contributed by atoms with Crippen molar-refractivity contribution in [1.29, 1.82) is 0 Å². The number of hydrogen-bond donors (Lipinski definition) is 1. The summed E-state index contributed by atoms with van der Waals surface area (Å²) in [5.41, 5.74) is 7.15. The molecule has 4 atom stereocenters. The van der Waals surface area contributed by atoms with Crippen LogP contribution in [0.3, 0.4) is 0 Å². The Morgan fingerprint density at radius 2 is 2.08 bits per heavy atom. The standard InChI is InChI=1S/C20H26FNO2/c1-5-8-13-10-15(21)17(16(11-13)24-7-3)18-19(22)12(4)9-14(6-2)20(18)23/h10-12,14,18-19H,6-7,9,22H2,1-4H3. The van der Waals surface area contributed by atoms with Gasteiger partial charge in [0.2, 0.25) is 0 Å². The topological polar surface area (TPSA) is 52.3 Å². The minimum absolute atomic E-state index is 0.0253. The van der Waals surface area contributed by atoms with E-state index in [1.807, 2.05) is 20.8 Å². The average molecular weight is 331 g/mol. The van der Waals surface area contributed by atoms with Gasteiger partial charge >= 0.3 is 0 Å². The van der Waals surface area contributed by atoms with Crippen LogP contribution in [0.1, 0.15) is 57.6 Å². The fourth-order valence-electron chi connectivity index (χ4n) is 3.58. The fraction of sp³-hybridized carbons (Fsp3) is 0.550. The van der Waals surface area contributed by atoms with Gasteiger partial charge in [0.1, 0.15) is 17.3 Å². The number of Topliss-reactive ketones (excluding diaryl/α,β-unsaturated/α-hetero) is 1. The van der Waals surface area contributed by atoms with E-state index in [0.29, 0.717) is 23.5 Å². The van der Waals surface area contributed by atoms with Crippen molar-refractivity contribution in [2.24, 2.45) is 17.6 Å². The quantitative estimate of drug-likeness (QED) is 0.857. The van der Waals surface area contributed by atoms with Gasteiger partial charge in [0.05, 0.1) is 12.5 Å². The first-order valence-electron chi connectivity index (χ1n) is 8.62. The first-order valence-corrected chi connectivity index (χ1v) is 8.62. The summed E-state index contributed by atoms with van der Waals surface area (Å²) in [5, 5.41) is 0. The summed E-state index contributed by atoms with van der Waals surface area (Å²) < 4.78 is 20.5. The number of carbonyl (C=O) groups excluding carboxylic acids is 1. The molecule has 0 heterocycles. The second-order valence-corrected chi connectivity index (χ2v) is 6.45. The van der Waals surface area contributed by atoms with Crippen molar-refractivity contribution >= 4 is 5.78 Å². The van der Waals surface area contributed by atoms with Crippen LogP contribution in [0.4, 0.5) is 4.39 Å². The predicted molar refractivity (Wildman–Crippen MR) is 93.4 cm³/mol. The van der Waals surface area contributed by atoms with Crippen LogP contribution in [0.2, 0.25) is 0 Å². The minimum Gasteiger partial charge on any atom is -0.493 e. The van der Waals surface area contributed by atoms with E-state index in [9.17, 15) is 9.18 Å². The first-order chi connectivity index (χ1) is 11.4. The Balaban J connectivity index is 2.58. The molecule has 0 aliphatic heterocycles. The molecule has 4 heteroatoms. The van der Waals surface area contributed by atoms with E-state index in [2.05, 4.69) is 11.8 Å². The molecule has 0 saturated heterocycles. The van der Waals surface area contributed by atoms with Crippen molar-refractivity contribution < 1.29 is 13.9 Å².